The molecule has 140 valence electrons. The van der Waals surface area contributed by atoms with Crippen LogP contribution in [0, 0.1) is 20.8 Å². The van der Waals surface area contributed by atoms with Crippen LogP contribution in [0.4, 0.5) is 5.69 Å². The van der Waals surface area contributed by atoms with Gasteiger partial charge in [-0.05, 0) is 50.1 Å². The Morgan fingerprint density at radius 1 is 1.00 bits per heavy atom. The number of nitrogens with zero attached hydrogens (tertiary/aromatic N) is 1. The Hall–Kier alpha value is -3.28. The van der Waals surface area contributed by atoms with Gasteiger partial charge in [0.05, 0.1) is 19.8 Å². The number of carbonyl (C=O) groups is 1. The first-order valence-electron chi connectivity index (χ1n) is 8.51. The van der Waals surface area contributed by atoms with Crippen LogP contribution in [-0.2, 0) is 0 Å². The number of benzene rings is 2. The summed E-state index contributed by atoms with van der Waals surface area (Å²) in [7, 11) is 3.15. The van der Waals surface area contributed by atoms with Gasteiger partial charge in [0.25, 0.3) is 5.91 Å². The molecule has 6 nitrogen and oxygen atoms in total. The van der Waals surface area contributed by atoms with Crippen LogP contribution in [0.1, 0.15) is 27.2 Å². The van der Waals surface area contributed by atoms with Gasteiger partial charge in [0.1, 0.15) is 11.5 Å². The molecule has 0 spiro atoms. The number of amides is 1. The van der Waals surface area contributed by atoms with Gasteiger partial charge in [-0.15, -0.1) is 0 Å². The van der Waals surface area contributed by atoms with E-state index in [2.05, 4.69) is 10.5 Å². The van der Waals surface area contributed by atoms with Gasteiger partial charge in [-0.2, -0.15) is 0 Å². The zero-order valence-corrected chi connectivity index (χ0v) is 16.0. The molecule has 1 heterocycles. The van der Waals surface area contributed by atoms with Gasteiger partial charge in [0, 0.05) is 11.8 Å². The molecule has 3 aromatic rings. The van der Waals surface area contributed by atoms with E-state index in [0.29, 0.717) is 22.8 Å². The van der Waals surface area contributed by atoms with Crippen molar-refractivity contribution in [1.82, 2.24) is 5.16 Å². The van der Waals surface area contributed by atoms with Crippen molar-refractivity contribution in [3.05, 3.63) is 58.8 Å². The normalized spacial score (nSPS) is 10.6. The van der Waals surface area contributed by atoms with Gasteiger partial charge < -0.3 is 19.3 Å². The average Bonchev–Trinajstić information content (AvgIpc) is 3.14. The molecule has 0 saturated carbocycles. The molecular formula is C21H22N2O4. The van der Waals surface area contributed by atoms with Gasteiger partial charge in [-0.25, -0.2) is 0 Å². The minimum Gasteiger partial charge on any atom is -0.497 e. The second-order valence-corrected chi connectivity index (χ2v) is 6.37. The maximum absolute atomic E-state index is 12.6. The Morgan fingerprint density at radius 3 is 2.33 bits per heavy atom. The minimum atomic E-state index is -0.332. The zero-order chi connectivity index (χ0) is 19.6. The largest absolute Gasteiger partial charge is 0.497 e. The third kappa shape index (κ3) is 3.79. The standard InChI is InChI=1S/C21H22N2O4/c1-12-8-13(2)20(14(3)9-12)22-21(24)17-11-19(27-23-17)16-10-15(25-4)6-7-18(16)26-5/h6-11H,1-5H3,(H,22,24). The molecule has 3 rings (SSSR count). The Kier molecular flexibility index (Phi) is 5.16. The van der Waals surface area contributed by atoms with Gasteiger partial charge in [0.2, 0.25) is 0 Å². The van der Waals surface area contributed by atoms with Crippen LogP contribution in [0.3, 0.4) is 0 Å². The second kappa shape index (κ2) is 7.53. The molecule has 0 aliphatic carbocycles. The number of aryl methyl sites for hydroxylation is 3. The summed E-state index contributed by atoms with van der Waals surface area (Å²) in [5, 5.41) is 6.83. The molecule has 1 amide bonds. The van der Waals surface area contributed by atoms with Crippen LogP contribution in [0.15, 0.2) is 40.9 Å². The summed E-state index contributed by atoms with van der Waals surface area (Å²) in [5.41, 5.74) is 4.78. The molecule has 2 aromatic carbocycles. The predicted molar refractivity (Wildman–Crippen MR) is 104 cm³/mol. The maximum atomic E-state index is 12.6. The Balaban J connectivity index is 1.89. The minimum absolute atomic E-state index is 0.189. The molecule has 0 radical (unpaired) electrons. The highest BCUT2D eigenvalue weighted by molar-refractivity contribution is 6.04. The Labute approximate surface area is 158 Å². The summed E-state index contributed by atoms with van der Waals surface area (Å²) in [6, 6.07) is 11.0. The number of nitrogens with one attached hydrogen (secondary N) is 1. The number of rotatable bonds is 5. The van der Waals surface area contributed by atoms with Gasteiger partial charge >= 0.3 is 0 Å². The van der Waals surface area contributed by atoms with E-state index in [1.54, 1.807) is 38.5 Å². The molecule has 0 fully saturated rings. The van der Waals surface area contributed by atoms with E-state index in [-0.39, 0.29) is 11.6 Å². The van der Waals surface area contributed by atoms with Crippen molar-refractivity contribution < 1.29 is 18.8 Å². The van der Waals surface area contributed by atoms with E-state index in [4.69, 9.17) is 14.0 Å². The lowest BCUT2D eigenvalue weighted by Gasteiger charge is -2.11. The Bertz CT molecular complexity index is 969. The fourth-order valence-electron chi connectivity index (χ4n) is 3.07. The van der Waals surface area contributed by atoms with Crippen molar-refractivity contribution in [3.8, 4) is 22.8 Å². The molecule has 0 aliphatic heterocycles. The molecule has 0 bridgehead atoms. The fraction of sp³-hybridized carbons (Fsp3) is 0.238. The summed E-state index contributed by atoms with van der Waals surface area (Å²) in [6.45, 7) is 5.95. The summed E-state index contributed by atoms with van der Waals surface area (Å²) < 4.78 is 16.0. The van der Waals surface area contributed by atoms with E-state index in [1.807, 2.05) is 32.9 Å². The third-order valence-corrected chi connectivity index (χ3v) is 4.33. The first kappa shape index (κ1) is 18.5. The molecule has 27 heavy (non-hydrogen) atoms. The number of hydrogen-bond acceptors (Lipinski definition) is 5. The predicted octanol–water partition coefficient (Wildman–Crippen LogP) is 4.54. The van der Waals surface area contributed by atoms with Gasteiger partial charge in [-0.3, -0.25) is 4.79 Å². The van der Waals surface area contributed by atoms with Gasteiger partial charge in [0.15, 0.2) is 11.5 Å². The van der Waals surface area contributed by atoms with Crippen molar-refractivity contribution in [3.63, 3.8) is 0 Å². The quantitative estimate of drug-likeness (QED) is 0.718. The number of aromatic nitrogens is 1. The maximum Gasteiger partial charge on any atom is 0.277 e. The summed E-state index contributed by atoms with van der Waals surface area (Å²) in [4.78, 5) is 12.6. The Morgan fingerprint density at radius 2 is 1.70 bits per heavy atom. The first-order valence-corrected chi connectivity index (χ1v) is 8.51. The summed E-state index contributed by atoms with van der Waals surface area (Å²) >= 11 is 0. The molecule has 0 aliphatic rings. The molecule has 1 aromatic heterocycles. The number of hydrogen-bond donors (Lipinski definition) is 1. The van der Waals surface area contributed by atoms with Crippen LogP contribution in [-0.4, -0.2) is 25.3 Å². The van der Waals surface area contributed by atoms with Crippen LogP contribution >= 0.6 is 0 Å². The fourth-order valence-corrected chi connectivity index (χ4v) is 3.07. The lowest BCUT2D eigenvalue weighted by Crippen LogP contribution is -2.14. The second-order valence-electron chi connectivity index (χ2n) is 6.37. The average molecular weight is 366 g/mol. The zero-order valence-electron chi connectivity index (χ0n) is 16.0. The number of carbonyl (C=O) groups excluding carboxylic acids is 1. The van der Waals surface area contributed by atoms with Crippen LogP contribution in [0.25, 0.3) is 11.3 Å². The van der Waals surface area contributed by atoms with Crippen LogP contribution < -0.4 is 14.8 Å². The van der Waals surface area contributed by atoms with E-state index < -0.39 is 0 Å². The molecular weight excluding hydrogens is 344 g/mol. The van der Waals surface area contributed by atoms with E-state index in [9.17, 15) is 4.79 Å². The van der Waals surface area contributed by atoms with Crippen molar-refractivity contribution in [2.75, 3.05) is 19.5 Å². The summed E-state index contributed by atoms with van der Waals surface area (Å²) in [6.07, 6.45) is 0. The number of methoxy groups -OCH3 is 2. The molecule has 0 atom stereocenters. The third-order valence-electron chi connectivity index (χ3n) is 4.33. The number of anilines is 1. The van der Waals surface area contributed by atoms with Crippen LogP contribution in [0.2, 0.25) is 0 Å². The summed E-state index contributed by atoms with van der Waals surface area (Å²) in [5.74, 6) is 1.35. The molecule has 1 N–H and O–H groups in total. The van der Waals surface area contributed by atoms with E-state index in [1.165, 1.54) is 0 Å². The highest BCUT2D eigenvalue weighted by atomic mass is 16.5. The highest BCUT2D eigenvalue weighted by Crippen LogP contribution is 2.34. The van der Waals surface area contributed by atoms with Crippen molar-refractivity contribution in [2.24, 2.45) is 0 Å². The van der Waals surface area contributed by atoms with Crippen LogP contribution in [0.5, 0.6) is 11.5 Å². The topological polar surface area (TPSA) is 73.6 Å². The SMILES string of the molecule is COc1ccc(OC)c(-c2cc(C(=O)Nc3c(C)cc(C)cc3C)no2)c1. The van der Waals surface area contributed by atoms with Crippen molar-refractivity contribution >= 4 is 11.6 Å². The van der Waals surface area contributed by atoms with Gasteiger partial charge in [-0.1, -0.05) is 22.9 Å². The smallest absolute Gasteiger partial charge is 0.277 e. The van der Waals surface area contributed by atoms with E-state index >= 15 is 0 Å². The first-order chi connectivity index (χ1) is 12.9. The highest BCUT2D eigenvalue weighted by Gasteiger charge is 2.18. The van der Waals surface area contributed by atoms with E-state index in [0.717, 1.165) is 22.4 Å². The lowest BCUT2D eigenvalue weighted by molar-refractivity contribution is 0.101. The molecule has 6 heteroatoms. The lowest BCUT2D eigenvalue weighted by atomic mass is 10.0. The molecule has 0 unspecified atom stereocenters. The monoisotopic (exact) mass is 366 g/mol. The molecule has 0 saturated heterocycles. The van der Waals surface area contributed by atoms with Crippen molar-refractivity contribution in [1.29, 1.82) is 0 Å². The van der Waals surface area contributed by atoms with Crippen molar-refractivity contribution in [2.45, 2.75) is 20.8 Å². The number of ether oxygens (including phenoxy) is 2.